The molecule has 0 spiro atoms. The number of rotatable bonds is 4. The Hall–Kier alpha value is -1.14. The SMILES string of the molecule is FC(F)(F)Sc1cc(Br)ccc1OCc1ccccc1. The Bertz CT molecular complexity index is 572. The molecule has 0 aromatic heterocycles. The molecule has 0 saturated carbocycles. The summed E-state index contributed by atoms with van der Waals surface area (Å²) in [6.07, 6.45) is 0. The van der Waals surface area contributed by atoms with Gasteiger partial charge in [0, 0.05) is 4.47 Å². The van der Waals surface area contributed by atoms with Gasteiger partial charge in [0.05, 0.1) is 4.90 Å². The molecule has 0 aliphatic rings. The van der Waals surface area contributed by atoms with Crippen LogP contribution in [0.2, 0.25) is 0 Å². The van der Waals surface area contributed by atoms with Crippen molar-refractivity contribution in [3.63, 3.8) is 0 Å². The Morgan fingerprint density at radius 2 is 1.75 bits per heavy atom. The van der Waals surface area contributed by atoms with Crippen molar-refractivity contribution >= 4 is 27.7 Å². The van der Waals surface area contributed by atoms with Crippen LogP contribution in [0.15, 0.2) is 57.9 Å². The van der Waals surface area contributed by atoms with Crippen LogP contribution in [-0.2, 0) is 6.61 Å². The van der Waals surface area contributed by atoms with Crippen molar-refractivity contribution in [2.75, 3.05) is 0 Å². The molecule has 0 radical (unpaired) electrons. The quantitative estimate of drug-likeness (QED) is 0.650. The van der Waals surface area contributed by atoms with Gasteiger partial charge in [0.2, 0.25) is 0 Å². The van der Waals surface area contributed by atoms with E-state index in [0.29, 0.717) is 4.47 Å². The zero-order valence-corrected chi connectivity index (χ0v) is 12.6. The Morgan fingerprint density at radius 3 is 2.40 bits per heavy atom. The van der Waals surface area contributed by atoms with Gasteiger partial charge in [-0.25, -0.2) is 0 Å². The second-order valence-corrected chi connectivity index (χ2v) is 5.94. The summed E-state index contributed by atoms with van der Waals surface area (Å²) >= 11 is 2.99. The van der Waals surface area contributed by atoms with Crippen LogP contribution in [0, 0.1) is 0 Å². The maximum Gasteiger partial charge on any atom is 0.446 e. The van der Waals surface area contributed by atoms with E-state index in [1.165, 1.54) is 12.1 Å². The van der Waals surface area contributed by atoms with Crippen molar-refractivity contribution < 1.29 is 17.9 Å². The fraction of sp³-hybridized carbons (Fsp3) is 0.143. The smallest absolute Gasteiger partial charge is 0.446 e. The average molecular weight is 363 g/mol. The number of benzene rings is 2. The summed E-state index contributed by atoms with van der Waals surface area (Å²) < 4.78 is 43.6. The normalized spacial score (nSPS) is 11.4. The van der Waals surface area contributed by atoms with Gasteiger partial charge >= 0.3 is 5.51 Å². The maximum atomic E-state index is 12.5. The molecule has 6 heteroatoms. The van der Waals surface area contributed by atoms with Crippen LogP contribution in [0.5, 0.6) is 5.75 Å². The molecule has 2 rings (SSSR count). The highest BCUT2D eigenvalue weighted by Gasteiger charge is 2.31. The molecule has 0 aliphatic heterocycles. The largest absolute Gasteiger partial charge is 0.488 e. The first kappa shape index (κ1) is 15.3. The van der Waals surface area contributed by atoms with E-state index in [9.17, 15) is 13.2 Å². The number of ether oxygens (including phenoxy) is 1. The minimum absolute atomic E-state index is 0.0443. The van der Waals surface area contributed by atoms with Crippen molar-refractivity contribution in [3.8, 4) is 5.75 Å². The lowest BCUT2D eigenvalue weighted by atomic mass is 10.2. The van der Waals surface area contributed by atoms with E-state index in [-0.39, 0.29) is 29.0 Å². The van der Waals surface area contributed by atoms with E-state index < -0.39 is 5.51 Å². The topological polar surface area (TPSA) is 9.23 Å². The molecule has 0 saturated heterocycles. The summed E-state index contributed by atoms with van der Waals surface area (Å²) in [5.41, 5.74) is -3.44. The monoisotopic (exact) mass is 362 g/mol. The first-order valence-electron chi connectivity index (χ1n) is 5.66. The molecule has 0 aliphatic carbocycles. The van der Waals surface area contributed by atoms with Crippen LogP contribution >= 0.6 is 27.7 Å². The van der Waals surface area contributed by atoms with Gasteiger partial charge in [0.15, 0.2) is 0 Å². The summed E-state index contributed by atoms with van der Waals surface area (Å²) in [5.74, 6) is 0.222. The highest BCUT2D eigenvalue weighted by molar-refractivity contribution is 9.10. The third-order valence-electron chi connectivity index (χ3n) is 2.37. The van der Waals surface area contributed by atoms with Crippen LogP contribution in [0.4, 0.5) is 13.2 Å². The molecule has 0 atom stereocenters. The Morgan fingerprint density at radius 1 is 1.05 bits per heavy atom. The number of hydrogen-bond donors (Lipinski definition) is 0. The van der Waals surface area contributed by atoms with E-state index in [2.05, 4.69) is 15.9 Å². The molecule has 1 nitrogen and oxygen atoms in total. The third-order valence-corrected chi connectivity index (χ3v) is 3.63. The highest BCUT2D eigenvalue weighted by atomic mass is 79.9. The van der Waals surface area contributed by atoms with E-state index in [4.69, 9.17) is 4.74 Å². The molecule has 20 heavy (non-hydrogen) atoms. The molecule has 0 unspecified atom stereocenters. The summed E-state index contributed by atoms with van der Waals surface area (Å²) in [4.78, 5) is 0.0443. The third kappa shape index (κ3) is 4.76. The minimum atomic E-state index is -4.34. The number of hydrogen-bond acceptors (Lipinski definition) is 2. The zero-order valence-electron chi connectivity index (χ0n) is 10.2. The predicted octanol–water partition coefficient (Wildman–Crippen LogP) is 5.64. The van der Waals surface area contributed by atoms with Crippen LogP contribution in [-0.4, -0.2) is 5.51 Å². The van der Waals surface area contributed by atoms with Crippen molar-refractivity contribution in [2.24, 2.45) is 0 Å². The van der Waals surface area contributed by atoms with Crippen LogP contribution < -0.4 is 4.74 Å². The summed E-state index contributed by atoms with van der Waals surface area (Å²) in [7, 11) is 0. The minimum Gasteiger partial charge on any atom is -0.488 e. The van der Waals surface area contributed by atoms with Crippen molar-refractivity contribution in [3.05, 3.63) is 58.6 Å². The fourth-order valence-corrected chi connectivity index (χ4v) is 2.72. The number of thioether (sulfide) groups is 1. The molecular formula is C14H10BrF3OS. The summed E-state index contributed by atoms with van der Waals surface area (Å²) in [6, 6.07) is 13.9. The van der Waals surface area contributed by atoms with Crippen molar-refractivity contribution in [1.82, 2.24) is 0 Å². The second-order valence-electron chi connectivity index (χ2n) is 3.91. The first-order valence-corrected chi connectivity index (χ1v) is 7.27. The lowest BCUT2D eigenvalue weighted by Gasteiger charge is -2.13. The Balaban J connectivity index is 2.14. The van der Waals surface area contributed by atoms with E-state index in [1.54, 1.807) is 6.07 Å². The summed E-state index contributed by atoms with van der Waals surface area (Å²) in [6.45, 7) is 0.230. The van der Waals surface area contributed by atoms with Gasteiger partial charge in [-0.2, -0.15) is 13.2 Å². The van der Waals surface area contributed by atoms with E-state index in [1.807, 2.05) is 30.3 Å². The molecule has 0 fully saturated rings. The maximum absolute atomic E-state index is 12.5. The molecule has 106 valence electrons. The van der Waals surface area contributed by atoms with Crippen LogP contribution in [0.25, 0.3) is 0 Å². The zero-order chi connectivity index (χ0) is 14.6. The van der Waals surface area contributed by atoms with E-state index in [0.717, 1.165) is 5.56 Å². The van der Waals surface area contributed by atoms with Crippen molar-refractivity contribution in [2.45, 2.75) is 17.0 Å². The van der Waals surface area contributed by atoms with Gasteiger partial charge in [0.25, 0.3) is 0 Å². The van der Waals surface area contributed by atoms with E-state index >= 15 is 0 Å². The van der Waals surface area contributed by atoms with Gasteiger partial charge < -0.3 is 4.74 Å². The van der Waals surface area contributed by atoms with Gasteiger partial charge in [-0.1, -0.05) is 46.3 Å². The summed E-state index contributed by atoms with van der Waals surface area (Å²) in [5, 5.41) is 0. The molecule has 0 N–H and O–H groups in total. The molecule has 2 aromatic carbocycles. The average Bonchev–Trinajstić information content (AvgIpc) is 2.37. The lowest BCUT2D eigenvalue weighted by molar-refractivity contribution is -0.0329. The van der Waals surface area contributed by atoms with Gasteiger partial charge in [-0.05, 0) is 35.5 Å². The molecule has 0 amide bonds. The molecule has 0 heterocycles. The highest BCUT2D eigenvalue weighted by Crippen LogP contribution is 2.42. The second kappa shape index (κ2) is 6.54. The Labute approximate surface area is 127 Å². The lowest BCUT2D eigenvalue weighted by Crippen LogP contribution is -2.02. The first-order chi connectivity index (χ1) is 9.44. The van der Waals surface area contributed by atoms with Gasteiger partial charge in [-0.15, -0.1) is 0 Å². The van der Waals surface area contributed by atoms with Crippen LogP contribution in [0.3, 0.4) is 0 Å². The fourth-order valence-electron chi connectivity index (χ4n) is 1.54. The van der Waals surface area contributed by atoms with Crippen LogP contribution in [0.1, 0.15) is 5.56 Å². The molecule has 2 aromatic rings. The standard InChI is InChI=1S/C14H10BrF3OS/c15-11-6-7-12(13(8-11)20-14(16,17)18)19-9-10-4-2-1-3-5-10/h1-8H,9H2. The molecular weight excluding hydrogens is 353 g/mol. The van der Waals surface area contributed by atoms with Crippen molar-refractivity contribution in [1.29, 1.82) is 0 Å². The van der Waals surface area contributed by atoms with Gasteiger partial charge in [0.1, 0.15) is 12.4 Å². The molecule has 0 bridgehead atoms. The Kier molecular flexibility index (Phi) is 4.99. The predicted molar refractivity (Wildman–Crippen MR) is 76.8 cm³/mol. The van der Waals surface area contributed by atoms with Gasteiger partial charge in [-0.3, -0.25) is 0 Å². The number of halogens is 4. The number of alkyl halides is 3.